The van der Waals surface area contributed by atoms with Crippen LogP contribution in [0.25, 0.3) is 0 Å². The fourth-order valence-electron chi connectivity index (χ4n) is 4.73. The number of anilines is 2. The highest BCUT2D eigenvalue weighted by atomic mass is 19.4. The number of aryl methyl sites for hydroxylation is 1. The van der Waals surface area contributed by atoms with Gasteiger partial charge in [0.1, 0.15) is 5.82 Å². The molecule has 0 spiro atoms. The third-order valence-electron chi connectivity index (χ3n) is 6.90. The molecule has 0 saturated carbocycles. The molecule has 0 bridgehead atoms. The molecule has 0 aliphatic carbocycles. The van der Waals surface area contributed by atoms with Crippen LogP contribution in [0.1, 0.15) is 36.0 Å². The van der Waals surface area contributed by atoms with Crippen LogP contribution in [0, 0.1) is 18.3 Å². The number of carbonyl (C=O) groups is 1. The van der Waals surface area contributed by atoms with Crippen molar-refractivity contribution in [1.29, 1.82) is 5.26 Å². The summed E-state index contributed by atoms with van der Waals surface area (Å²) in [6.45, 7) is 7.43. The predicted octanol–water partition coefficient (Wildman–Crippen LogP) is 3.90. The Balaban J connectivity index is 1.19. The van der Waals surface area contributed by atoms with Crippen LogP contribution in [0.3, 0.4) is 0 Å². The third-order valence-corrected chi connectivity index (χ3v) is 6.90. The Morgan fingerprint density at radius 1 is 1.11 bits per heavy atom. The first-order chi connectivity index (χ1) is 17.2. The number of piperidine rings is 1. The fourth-order valence-corrected chi connectivity index (χ4v) is 4.73. The van der Waals surface area contributed by atoms with Gasteiger partial charge in [-0.15, -0.1) is 0 Å². The molecule has 36 heavy (non-hydrogen) atoms. The van der Waals surface area contributed by atoms with E-state index in [0.29, 0.717) is 38.0 Å². The Kier molecular flexibility index (Phi) is 7.99. The number of carbonyl (C=O) groups excluding carboxylic acids is 1. The molecule has 4 rings (SSSR count). The lowest BCUT2D eigenvalue weighted by atomic mass is 10.0. The molecule has 2 fully saturated rings. The molecule has 1 aromatic carbocycles. The van der Waals surface area contributed by atoms with E-state index < -0.39 is 11.7 Å². The lowest BCUT2D eigenvalue weighted by molar-refractivity contribution is -0.137. The van der Waals surface area contributed by atoms with Crippen molar-refractivity contribution < 1.29 is 18.0 Å². The summed E-state index contributed by atoms with van der Waals surface area (Å²) in [6, 6.07) is 9.37. The Labute approximate surface area is 209 Å². The average Bonchev–Trinajstić information content (AvgIpc) is 2.88. The normalized spacial score (nSPS) is 17.6. The monoisotopic (exact) mass is 500 g/mol. The van der Waals surface area contributed by atoms with Gasteiger partial charge in [-0.2, -0.15) is 18.4 Å². The van der Waals surface area contributed by atoms with Gasteiger partial charge in [-0.1, -0.05) is 6.07 Å². The molecular formula is C26H31F3N6O. The largest absolute Gasteiger partial charge is 0.417 e. The second kappa shape index (κ2) is 11.2. The molecule has 2 saturated heterocycles. The minimum Gasteiger partial charge on any atom is -0.382 e. The van der Waals surface area contributed by atoms with Gasteiger partial charge < -0.3 is 15.1 Å². The molecule has 192 valence electrons. The number of piperazine rings is 1. The number of benzene rings is 1. The molecule has 0 unspecified atom stereocenters. The second-order valence-electron chi connectivity index (χ2n) is 9.44. The van der Waals surface area contributed by atoms with Crippen LogP contribution in [0.15, 0.2) is 36.5 Å². The van der Waals surface area contributed by atoms with Crippen molar-refractivity contribution in [3.05, 3.63) is 53.2 Å². The minimum atomic E-state index is -4.58. The van der Waals surface area contributed by atoms with E-state index in [1.807, 2.05) is 24.1 Å². The number of alkyl halides is 3. The maximum atomic E-state index is 13.2. The van der Waals surface area contributed by atoms with E-state index in [4.69, 9.17) is 5.26 Å². The van der Waals surface area contributed by atoms with E-state index in [9.17, 15) is 18.0 Å². The first kappa shape index (κ1) is 25.8. The first-order valence-corrected chi connectivity index (χ1v) is 12.3. The Morgan fingerprint density at radius 3 is 2.44 bits per heavy atom. The quantitative estimate of drug-likeness (QED) is 0.649. The summed E-state index contributed by atoms with van der Waals surface area (Å²) < 4.78 is 39.7. The van der Waals surface area contributed by atoms with Crippen molar-refractivity contribution in [2.75, 3.05) is 56.0 Å². The van der Waals surface area contributed by atoms with E-state index in [2.05, 4.69) is 26.2 Å². The summed E-state index contributed by atoms with van der Waals surface area (Å²) in [7, 11) is 0. The van der Waals surface area contributed by atoms with Gasteiger partial charge >= 0.3 is 6.18 Å². The number of hydrogen-bond acceptors (Lipinski definition) is 6. The molecule has 2 aliphatic heterocycles. The van der Waals surface area contributed by atoms with Crippen LogP contribution < -0.4 is 10.2 Å². The van der Waals surface area contributed by atoms with Gasteiger partial charge in [0, 0.05) is 70.2 Å². The summed E-state index contributed by atoms with van der Waals surface area (Å²) in [5.41, 5.74) is 0.159. The number of pyridine rings is 1. The SMILES string of the molecule is Cc1ccc(N2CCN(CCC(=O)N3CCC(Nc4ccc(C#N)c(C(F)(F)F)c4)CC3)CC2)nc1. The van der Waals surface area contributed by atoms with Crippen LogP contribution >= 0.6 is 0 Å². The number of rotatable bonds is 6. The topological polar surface area (TPSA) is 75.5 Å². The van der Waals surface area contributed by atoms with Crippen LogP contribution in [-0.2, 0) is 11.0 Å². The minimum absolute atomic E-state index is 0.0217. The Hall–Kier alpha value is -3.32. The van der Waals surface area contributed by atoms with E-state index in [1.165, 1.54) is 12.1 Å². The number of halogens is 3. The molecule has 1 amide bonds. The maximum Gasteiger partial charge on any atom is 0.417 e. The number of aromatic nitrogens is 1. The molecule has 7 nitrogen and oxygen atoms in total. The van der Waals surface area contributed by atoms with Crippen LogP contribution in [0.5, 0.6) is 0 Å². The standard InChI is InChI=1S/C26H31F3N6O/c1-19-2-5-24(31-18-19)34-14-12-33(13-15-34)9-8-25(36)35-10-6-21(7-11-35)32-22-4-3-20(17-30)23(16-22)26(27,28)29/h2-5,16,18,21,32H,6-15H2,1H3. The zero-order valence-corrected chi connectivity index (χ0v) is 20.4. The summed E-state index contributed by atoms with van der Waals surface area (Å²) in [6.07, 6.45) is -0.915. The van der Waals surface area contributed by atoms with Gasteiger partial charge in [-0.25, -0.2) is 4.98 Å². The molecule has 1 N–H and O–H groups in total. The van der Waals surface area contributed by atoms with Gasteiger partial charge in [-0.05, 0) is 49.6 Å². The molecule has 10 heteroatoms. The summed E-state index contributed by atoms with van der Waals surface area (Å²) in [5.74, 6) is 1.11. The lowest BCUT2D eigenvalue weighted by Crippen LogP contribution is -2.48. The second-order valence-corrected chi connectivity index (χ2v) is 9.44. The smallest absolute Gasteiger partial charge is 0.382 e. The number of amides is 1. The van der Waals surface area contributed by atoms with E-state index in [0.717, 1.165) is 50.2 Å². The number of nitriles is 1. The van der Waals surface area contributed by atoms with Crippen molar-refractivity contribution in [2.24, 2.45) is 0 Å². The summed E-state index contributed by atoms with van der Waals surface area (Å²) in [5, 5.41) is 12.1. The van der Waals surface area contributed by atoms with Crippen molar-refractivity contribution in [3.63, 3.8) is 0 Å². The lowest BCUT2D eigenvalue weighted by Gasteiger charge is -2.36. The fraction of sp³-hybridized carbons (Fsp3) is 0.500. The molecule has 0 radical (unpaired) electrons. The zero-order valence-electron chi connectivity index (χ0n) is 20.4. The van der Waals surface area contributed by atoms with Crippen LogP contribution in [0.2, 0.25) is 0 Å². The highest BCUT2D eigenvalue weighted by molar-refractivity contribution is 5.76. The molecule has 2 aliphatic rings. The van der Waals surface area contributed by atoms with Crippen molar-refractivity contribution >= 4 is 17.4 Å². The third kappa shape index (κ3) is 6.46. The van der Waals surface area contributed by atoms with Crippen molar-refractivity contribution in [2.45, 2.75) is 38.4 Å². The number of hydrogen-bond donors (Lipinski definition) is 1. The summed E-state index contributed by atoms with van der Waals surface area (Å²) >= 11 is 0. The highest BCUT2D eigenvalue weighted by Crippen LogP contribution is 2.34. The van der Waals surface area contributed by atoms with Crippen LogP contribution in [-0.4, -0.2) is 72.5 Å². The molecular weight excluding hydrogens is 469 g/mol. The van der Waals surface area contributed by atoms with Crippen molar-refractivity contribution in [3.8, 4) is 6.07 Å². The zero-order chi connectivity index (χ0) is 25.7. The number of nitrogens with zero attached hydrogens (tertiary/aromatic N) is 5. The van der Waals surface area contributed by atoms with Gasteiger partial charge in [-0.3, -0.25) is 9.69 Å². The van der Waals surface area contributed by atoms with E-state index in [-0.39, 0.29) is 17.5 Å². The Bertz CT molecular complexity index is 1080. The molecule has 2 aromatic rings. The van der Waals surface area contributed by atoms with E-state index >= 15 is 0 Å². The van der Waals surface area contributed by atoms with Gasteiger partial charge in [0.2, 0.25) is 5.91 Å². The maximum absolute atomic E-state index is 13.2. The van der Waals surface area contributed by atoms with Gasteiger partial charge in [0.05, 0.1) is 17.2 Å². The predicted molar refractivity (Wildman–Crippen MR) is 132 cm³/mol. The molecule has 0 atom stereocenters. The van der Waals surface area contributed by atoms with E-state index in [1.54, 1.807) is 6.07 Å². The first-order valence-electron chi connectivity index (χ1n) is 12.3. The van der Waals surface area contributed by atoms with Crippen LogP contribution in [0.4, 0.5) is 24.7 Å². The molecule has 1 aromatic heterocycles. The van der Waals surface area contributed by atoms with Gasteiger partial charge in [0.15, 0.2) is 0 Å². The van der Waals surface area contributed by atoms with Gasteiger partial charge in [0.25, 0.3) is 0 Å². The number of nitrogens with one attached hydrogen (secondary N) is 1. The highest BCUT2D eigenvalue weighted by Gasteiger charge is 2.34. The molecule has 3 heterocycles. The van der Waals surface area contributed by atoms with Crippen molar-refractivity contribution in [1.82, 2.24) is 14.8 Å². The summed E-state index contributed by atoms with van der Waals surface area (Å²) in [4.78, 5) is 23.7. The Morgan fingerprint density at radius 2 is 1.83 bits per heavy atom. The number of likely N-dealkylation sites (tertiary alicyclic amines) is 1. The average molecular weight is 501 g/mol.